The molecule has 2 heterocycles. The number of carbonyl (C=O) groups excluding carboxylic acids is 1. The van der Waals surface area contributed by atoms with E-state index >= 15 is 0 Å². The first-order chi connectivity index (χ1) is 13.3. The topological polar surface area (TPSA) is 77.6 Å². The fourth-order valence-electron chi connectivity index (χ4n) is 3.80. The minimum absolute atomic E-state index is 0.289. The third kappa shape index (κ3) is 3.39. The number of aryl methyl sites for hydroxylation is 1. The van der Waals surface area contributed by atoms with E-state index in [0.717, 1.165) is 11.3 Å². The van der Waals surface area contributed by atoms with E-state index < -0.39 is 23.6 Å². The summed E-state index contributed by atoms with van der Waals surface area (Å²) < 4.78 is 20.3. The molecule has 0 amide bonds. The summed E-state index contributed by atoms with van der Waals surface area (Å²) in [6.07, 6.45) is 0.420. The third-order valence-electron chi connectivity index (χ3n) is 5.17. The number of nitrogens with two attached hydrogens (primary N) is 1. The lowest BCUT2D eigenvalue weighted by Crippen LogP contribution is -2.35. The minimum Gasteiger partial charge on any atom is -0.462 e. The van der Waals surface area contributed by atoms with E-state index in [-0.39, 0.29) is 6.10 Å². The lowest BCUT2D eigenvalue weighted by atomic mass is 9.75. The molecular formula is C22H26FN3O2. The summed E-state index contributed by atoms with van der Waals surface area (Å²) >= 11 is 0. The van der Waals surface area contributed by atoms with Gasteiger partial charge in [0.05, 0.1) is 6.10 Å². The Morgan fingerprint density at radius 3 is 2.57 bits per heavy atom. The molecule has 2 atom stereocenters. The van der Waals surface area contributed by atoms with Crippen molar-refractivity contribution in [3.63, 3.8) is 0 Å². The van der Waals surface area contributed by atoms with E-state index in [1.807, 2.05) is 13.8 Å². The summed E-state index contributed by atoms with van der Waals surface area (Å²) in [4.78, 5) is 22.2. The Balaban J connectivity index is 2.30. The van der Waals surface area contributed by atoms with Gasteiger partial charge in [-0.15, -0.1) is 0 Å². The molecule has 28 heavy (non-hydrogen) atoms. The number of hydrogen-bond acceptors (Lipinski definition) is 5. The number of nitrogen functional groups attached to an aromatic ring is 1. The summed E-state index contributed by atoms with van der Waals surface area (Å²) in [5.74, 6) is -1.78. The average Bonchev–Trinajstić information content (AvgIpc) is 2.63. The van der Waals surface area contributed by atoms with Crippen molar-refractivity contribution in [2.45, 2.75) is 53.1 Å². The van der Waals surface area contributed by atoms with Gasteiger partial charge < -0.3 is 10.5 Å². The maximum Gasteiger partial charge on any atom is 0.315 e. The Hall–Kier alpha value is -2.76. The summed E-state index contributed by atoms with van der Waals surface area (Å²) in [7, 11) is 0. The van der Waals surface area contributed by atoms with Gasteiger partial charge in [-0.05, 0) is 51.3 Å². The number of aliphatic imine (C=N–C) groups is 1. The summed E-state index contributed by atoms with van der Waals surface area (Å²) in [6, 6.07) is 6.44. The molecule has 0 fully saturated rings. The Morgan fingerprint density at radius 2 is 1.96 bits per heavy atom. The van der Waals surface area contributed by atoms with Crippen molar-refractivity contribution in [3.8, 4) is 0 Å². The first kappa shape index (κ1) is 20.0. The van der Waals surface area contributed by atoms with Gasteiger partial charge >= 0.3 is 5.97 Å². The normalized spacial score (nSPS) is 18.6. The van der Waals surface area contributed by atoms with E-state index in [1.54, 1.807) is 39.0 Å². The molecule has 148 valence electrons. The van der Waals surface area contributed by atoms with Crippen LogP contribution in [0.25, 0.3) is 0 Å². The van der Waals surface area contributed by atoms with Crippen molar-refractivity contribution in [2.75, 3.05) is 5.73 Å². The predicted molar refractivity (Wildman–Crippen MR) is 108 cm³/mol. The van der Waals surface area contributed by atoms with Crippen LogP contribution in [-0.2, 0) is 16.0 Å². The van der Waals surface area contributed by atoms with Crippen LogP contribution in [0.4, 0.5) is 15.9 Å². The summed E-state index contributed by atoms with van der Waals surface area (Å²) in [5.41, 5.74) is 10.2. The molecule has 3 rings (SSSR count). The quantitative estimate of drug-likeness (QED) is 0.790. The van der Waals surface area contributed by atoms with Gasteiger partial charge in [-0.2, -0.15) is 0 Å². The maximum atomic E-state index is 14.8. The number of fused-ring (bicyclic) bond motifs is 1. The van der Waals surface area contributed by atoms with Crippen LogP contribution >= 0.6 is 0 Å². The molecule has 0 aliphatic carbocycles. The average molecular weight is 383 g/mol. The minimum atomic E-state index is -0.761. The Labute approximate surface area is 164 Å². The highest BCUT2D eigenvalue weighted by atomic mass is 19.1. The molecule has 2 N–H and O–H groups in total. The molecule has 2 aromatic rings. The van der Waals surface area contributed by atoms with Crippen LogP contribution < -0.4 is 5.73 Å². The van der Waals surface area contributed by atoms with Gasteiger partial charge in [0, 0.05) is 28.6 Å². The van der Waals surface area contributed by atoms with E-state index in [2.05, 4.69) is 9.98 Å². The van der Waals surface area contributed by atoms with Gasteiger partial charge in [-0.1, -0.05) is 25.1 Å². The smallest absolute Gasteiger partial charge is 0.315 e. The molecule has 1 aromatic carbocycles. The van der Waals surface area contributed by atoms with E-state index in [0.29, 0.717) is 34.8 Å². The molecule has 0 bridgehead atoms. The Morgan fingerprint density at radius 1 is 1.29 bits per heavy atom. The molecule has 1 aliphatic rings. The van der Waals surface area contributed by atoms with Crippen molar-refractivity contribution >= 4 is 23.2 Å². The van der Waals surface area contributed by atoms with Crippen LogP contribution in [0.2, 0.25) is 0 Å². The van der Waals surface area contributed by atoms with Gasteiger partial charge in [0.25, 0.3) is 0 Å². The highest BCUT2D eigenvalue weighted by Crippen LogP contribution is 2.46. The highest BCUT2D eigenvalue weighted by Gasteiger charge is 2.42. The van der Waals surface area contributed by atoms with Crippen molar-refractivity contribution < 1.29 is 13.9 Å². The second-order valence-electron chi connectivity index (χ2n) is 7.40. The first-order valence-electron chi connectivity index (χ1n) is 9.55. The SMILES string of the molecule is CCc1nc2c(c(N)c1C)C(c1ccccc1F)C(C(=O)OC(C)C)C(C)=N2. The van der Waals surface area contributed by atoms with Gasteiger partial charge in [-0.25, -0.2) is 14.4 Å². The predicted octanol–water partition coefficient (Wildman–Crippen LogP) is 4.48. The fourth-order valence-corrected chi connectivity index (χ4v) is 3.80. The van der Waals surface area contributed by atoms with Crippen LogP contribution in [0.3, 0.4) is 0 Å². The molecule has 0 spiro atoms. The van der Waals surface area contributed by atoms with Crippen LogP contribution in [0.15, 0.2) is 29.3 Å². The third-order valence-corrected chi connectivity index (χ3v) is 5.17. The maximum absolute atomic E-state index is 14.8. The van der Waals surface area contributed by atoms with Crippen molar-refractivity contribution in [1.82, 2.24) is 4.98 Å². The number of anilines is 1. The molecule has 5 nitrogen and oxygen atoms in total. The van der Waals surface area contributed by atoms with Crippen LogP contribution in [0, 0.1) is 18.7 Å². The van der Waals surface area contributed by atoms with Crippen LogP contribution in [0.5, 0.6) is 0 Å². The zero-order chi connectivity index (χ0) is 20.6. The highest BCUT2D eigenvalue weighted by molar-refractivity contribution is 6.05. The largest absolute Gasteiger partial charge is 0.462 e. The van der Waals surface area contributed by atoms with Crippen molar-refractivity contribution in [1.29, 1.82) is 0 Å². The molecule has 1 aromatic heterocycles. The number of ether oxygens (including phenoxy) is 1. The summed E-state index contributed by atoms with van der Waals surface area (Å²) in [6.45, 7) is 9.22. The van der Waals surface area contributed by atoms with Gasteiger partial charge in [-0.3, -0.25) is 4.79 Å². The number of benzene rings is 1. The number of pyridine rings is 1. The fraction of sp³-hybridized carbons (Fsp3) is 0.409. The van der Waals surface area contributed by atoms with Crippen LogP contribution in [-0.4, -0.2) is 22.8 Å². The number of halogens is 1. The molecular weight excluding hydrogens is 357 g/mol. The first-order valence-corrected chi connectivity index (χ1v) is 9.55. The molecule has 0 saturated carbocycles. The number of hydrogen-bond donors (Lipinski definition) is 1. The lowest BCUT2D eigenvalue weighted by Gasteiger charge is -2.33. The Bertz CT molecular complexity index is 953. The number of rotatable bonds is 4. The van der Waals surface area contributed by atoms with Crippen molar-refractivity contribution in [3.05, 3.63) is 52.5 Å². The zero-order valence-electron chi connectivity index (χ0n) is 16.9. The number of esters is 1. The molecule has 1 aliphatic heterocycles. The number of aromatic nitrogens is 1. The second-order valence-corrected chi connectivity index (χ2v) is 7.40. The standard InChI is InChI=1S/C22H26FN3O2/c1-6-16-12(4)20(24)19-18(14-9-7-8-10-15(14)23)17(22(27)28-11(2)3)13(5)25-21(19)26-16/h7-11,17-18H,6H2,1-5H3,(H2,24,26). The molecule has 0 radical (unpaired) electrons. The zero-order valence-corrected chi connectivity index (χ0v) is 16.9. The van der Waals surface area contributed by atoms with Crippen molar-refractivity contribution in [2.24, 2.45) is 10.9 Å². The summed E-state index contributed by atoms with van der Waals surface area (Å²) in [5, 5.41) is 0. The van der Waals surface area contributed by atoms with E-state index in [1.165, 1.54) is 6.07 Å². The van der Waals surface area contributed by atoms with Crippen LogP contribution in [0.1, 0.15) is 56.0 Å². The van der Waals surface area contributed by atoms with Gasteiger partial charge in [0.1, 0.15) is 11.7 Å². The Kier molecular flexibility index (Phi) is 5.49. The van der Waals surface area contributed by atoms with Gasteiger partial charge in [0.2, 0.25) is 0 Å². The number of nitrogens with zero attached hydrogens (tertiary/aromatic N) is 2. The lowest BCUT2D eigenvalue weighted by molar-refractivity contribution is -0.150. The molecule has 2 unspecified atom stereocenters. The molecule has 0 saturated heterocycles. The number of carbonyl (C=O) groups is 1. The second kappa shape index (κ2) is 7.70. The van der Waals surface area contributed by atoms with E-state index in [9.17, 15) is 9.18 Å². The molecule has 6 heteroatoms. The van der Waals surface area contributed by atoms with Gasteiger partial charge in [0.15, 0.2) is 5.82 Å². The monoisotopic (exact) mass is 383 g/mol. The van der Waals surface area contributed by atoms with E-state index in [4.69, 9.17) is 10.5 Å².